The van der Waals surface area contributed by atoms with Crippen molar-refractivity contribution in [2.75, 3.05) is 20.3 Å². The second-order valence-corrected chi connectivity index (χ2v) is 5.27. The number of amides is 1. The summed E-state index contributed by atoms with van der Waals surface area (Å²) in [5.74, 6) is -0.000417. The molecular weight excluding hydrogens is 204 g/mol. The zero-order valence-corrected chi connectivity index (χ0v) is 11.4. The van der Waals surface area contributed by atoms with Crippen molar-refractivity contribution in [3.8, 4) is 0 Å². The van der Waals surface area contributed by atoms with Gasteiger partial charge in [-0.2, -0.15) is 0 Å². The summed E-state index contributed by atoms with van der Waals surface area (Å²) < 4.78 is 5.07. The van der Waals surface area contributed by atoms with Gasteiger partial charge in [0.2, 0.25) is 5.91 Å². The molecule has 0 bridgehead atoms. The smallest absolute Gasteiger partial charge is 0.240 e. The molecule has 16 heavy (non-hydrogen) atoms. The van der Waals surface area contributed by atoms with Crippen LogP contribution >= 0.6 is 0 Å². The highest BCUT2D eigenvalue weighted by molar-refractivity contribution is 5.82. The average Bonchev–Trinajstić information content (AvgIpc) is 2.16. The van der Waals surface area contributed by atoms with Crippen LogP contribution in [0.1, 0.15) is 34.6 Å². The third-order valence-corrected chi connectivity index (χ3v) is 2.76. The molecule has 2 N–H and O–H groups in total. The van der Waals surface area contributed by atoms with Gasteiger partial charge in [-0.25, -0.2) is 0 Å². The molecule has 0 spiro atoms. The third kappa shape index (κ3) is 4.10. The maximum absolute atomic E-state index is 12.2. The summed E-state index contributed by atoms with van der Waals surface area (Å²) in [7, 11) is 1.64. The van der Waals surface area contributed by atoms with Crippen LogP contribution in [0.2, 0.25) is 0 Å². The topological polar surface area (TPSA) is 55.6 Å². The van der Waals surface area contributed by atoms with Crippen molar-refractivity contribution in [2.24, 2.45) is 11.1 Å². The van der Waals surface area contributed by atoms with Crippen LogP contribution in [0.15, 0.2) is 0 Å². The van der Waals surface area contributed by atoms with E-state index in [2.05, 4.69) is 0 Å². The molecule has 0 aromatic carbocycles. The van der Waals surface area contributed by atoms with E-state index in [1.165, 1.54) is 0 Å². The van der Waals surface area contributed by atoms with Crippen molar-refractivity contribution in [3.05, 3.63) is 0 Å². The number of rotatable bonds is 5. The fourth-order valence-electron chi connectivity index (χ4n) is 1.56. The summed E-state index contributed by atoms with van der Waals surface area (Å²) in [5.41, 5.74) is 5.76. The van der Waals surface area contributed by atoms with Gasteiger partial charge >= 0.3 is 0 Å². The molecule has 96 valence electrons. The fourth-order valence-corrected chi connectivity index (χ4v) is 1.56. The van der Waals surface area contributed by atoms with Gasteiger partial charge in [0.25, 0.3) is 0 Å². The maximum atomic E-state index is 12.2. The van der Waals surface area contributed by atoms with Crippen LogP contribution in [-0.4, -0.2) is 43.2 Å². The first-order valence-electron chi connectivity index (χ1n) is 5.80. The van der Waals surface area contributed by atoms with E-state index in [4.69, 9.17) is 10.5 Å². The van der Waals surface area contributed by atoms with Gasteiger partial charge in [-0.05, 0) is 19.3 Å². The van der Waals surface area contributed by atoms with E-state index >= 15 is 0 Å². The molecule has 0 fully saturated rings. The summed E-state index contributed by atoms with van der Waals surface area (Å²) in [6.07, 6.45) is 0. The SMILES string of the molecule is CCN(C(=O)C(N)C(C)(C)C)C(C)COC. The molecule has 2 atom stereocenters. The number of nitrogens with zero attached hydrogens (tertiary/aromatic N) is 1. The molecule has 0 aliphatic carbocycles. The fraction of sp³-hybridized carbons (Fsp3) is 0.917. The van der Waals surface area contributed by atoms with Crippen molar-refractivity contribution in [3.63, 3.8) is 0 Å². The highest BCUT2D eigenvalue weighted by atomic mass is 16.5. The molecule has 0 heterocycles. The van der Waals surface area contributed by atoms with Crippen molar-refractivity contribution in [2.45, 2.75) is 46.7 Å². The highest BCUT2D eigenvalue weighted by Crippen LogP contribution is 2.19. The average molecular weight is 230 g/mol. The largest absolute Gasteiger partial charge is 0.383 e. The van der Waals surface area contributed by atoms with E-state index in [0.717, 1.165) is 0 Å². The summed E-state index contributed by atoms with van der Waals surface area (Å²) in [5, 5.41) is 0. The maximum Gasteiger partial charge on any atom is 0.240 e. The van der Waals surface area contributed by atoms with Crippen LogP contribution in [0.25, 0.3) is 0 Å². The lowest BCUT2D eigenvalue weighted by Gasteiger charge is -2.34. The lowest BCUT2D eigenvalue weighted by atomic mass is 9.86. The van der Waals surface area contributed by atoms with E-state index in [1.54, 1.807) is 12.0 Å². The van der Waals surface area contributed by atoms with Gasteiger partial charge in [-0.3, -0.25) is 4.79 Å². The molecule has 4 nitrogen and oxygen atoms in total. The van der Waals surface area contributed by atoms with Gasteiger partial charge in [0.05, 0.1) is 18.7 Å². The Morgan fingerprint density at radius 1 is 1.44 bits per heavy atom. The number of likely N-dealkylation sites (N-methyl/N-ethyl adjacent to an activating group) is 1. The highest BCUT2D eigenvalue weighted by Gasteiger charge is 2.32. The Bertz CT molecular complexity index is 224. The quantitative estimate of drug-likeness (QED) is 0.773. The standard InChI is InChI=1S/C12H26N2O2/c1-7-14(9(2)8-16-6)11(15)10(13)12(3,4)5/h9-10H,7-8,13H2,1-6H3. The number of nitrogens with two attached hydrogens (primary N) is 1. The molecule has 0 aliphatic heterocycles. The van der Waals surface area contributed by atoms with Crippen LogP contribution in [0.5, 0.6) is 0 Å². The summed E-state index contributed by atoms with van der Waals surface area (Å²) >= 11 is 0. The second-order valence-electron chi connectivity index (χ2n) is 5.27. The van der Waals surface area contributed by atoms with Crippen LogP contribution in [-0.2, 0) is 9.53 Å². The number of hydrogen-bond acceptors (Lipinski definition) is 3. The lowest BCUT2D eigenvalue weighted by molar-refractivity contribution is -0.137. The molecule has 0 aromatic rings. The lowest BCUT2D eigenvalue weighted by Crippen LogP contribution is -2.53. The predicted octanol–water partition coefficient (Wildman–Crippen LogP) is 1.24. The van der Waals surface area contributed by atoms with Gasteiger partial charge in [0.15, 0.2) is 0 Å². The van der Waals surface area contributed by atoms with Crippen molar-refractivity contribution < 1.29 is 9.53 Å². The van der Waals surface area contributed by atoms with Gasteiger partial charge in [-0.1, -0.05) is 20.8 Å². The van der Waals surface area contributed by atoms with Gasteiger partial charge in [0.1, 0.15) is 0 Å². The summed E-state index contributed by atoms with van der Waals surface area (Å²) in [6, 6.07) is -0.400. The molecule has 4 heteroatoms. The number of carbonyl (C=O) groups excluding carboxylic acids is 1. The molecule has 0 saturated carbocycles. The molecule has 2 unspecified atom stereocenters. The van der Waals surface area contributed by atoms with Gasteiger partial charge in [0, 0.05) is 13.7 Å². The summed E-state index contributed by atoms with van der Waals surface area (Å²) in [4.78, 5) is 14.0. The minimum Gasteiger partial charge on any atom is -0.383 e. The van der Waals surface area contributed by atoms with Crippen molar-refractivity contribution in [1.82, 2.24) is 4.90 Å². The number of methoxy groups -OCH3 is 1. The van der Waals surface area contributed by atoms with Gasteiger partial charge in [-0.15, -0.1) is 0 Å². The van der Waals surface area contributed by atoms with Crippen LogP contribution < -0.4 is 5.73 Å². The van der Waals surface area contributed by atoms with E-state index in [-0.39, 0.29) is 17.4 Å². The Hall–Kier alpha value is -0.610. The predicted molar refractivity (Wildman–Crippen MR) is 66.2 cm³/mol. The first kappa shape index (κ1) is 15.4. The van der Waals surface area contributed by atoms with E-state index < -0.39 is 6.04 Å². The molecule has 0 rings (SSSR count). The van der Waals surface area contributed by atoms with Crippen LogP contribution in [0.3, 0.4) is 0 Å². The van der Waals surface area contributed by atoms with Crippen molar-refractivity contribution in [1.29, 1.82) is 0 Å². The molecule has 0 aliphatic rings. The van der Waals surface area contributed by atoms with E-state index in [9.17, 15) is 4.79 Å². The summed E-state index contributed by atoms with van der Waals surface area (Å²) in [6.45, 7) is 11.1. The Labute approximate surface area is 99.1 Å². The molecule has 0 radical (unpaired) electrons. The van der Waals surface area contributed by atoms with E-state index in [0.29, 0.717) is 13.2 Å². The Kier molecular flexibility index (Phi) is 5.97. The Balaban J connectivity index is 4.65. The van der Waals surface area contributed by atoms with Crippen LogP contribution in [0, 0.1) is 5.41 Å². The zero-order chi connectivity index (χ0) is 12.9. The molecule has 1 amide bonds. The number of ether oxygens (including phenoxy) is 1. The first-order chi connectivity index (χ1) is 7.25. The third-order valence-electron chi connectivity index (χ3n) is 2.76. The zero-order valence-electron chi connectivity index (χ0n) is 11.4. The Morgan fingerprint density at radius 2 is 1.94 bits per heavy atom. The van der Waals surface area contributed by atoms with Gasteiger partial charge < -0.3 is 15.4 Å². The number of hydrogen-bond donors (Lipinski definition) is 1. The second kappa shape index (κ2) is 6.21. The Morgan fingerprint density at radius 3 is 2.25 bits per heavy atom. The molecule has 0 aromatic heterocycles. The number of carbonyl (C=O) groups is 1. The molecule has 0 saturated heterocycles. The van der Waals surface area contributed by atoms with Crippen molar-refractivity contribution >= 4 is 5.91 Å². The monoisotopic (exact) mass is 230 g/mol. The minimum atomic E-state index is -0.466. The minimum absolute atomic E-state index is 0.000417. The first-order valence-corrected chi connectivity index (χ1v) is 5.80. The molecular formula is C12H26N2O2. The normalized spacial score (nSPS) is 15.7. The van der Waals surface area contributed by atoms with Crippen LogP contribution in [0.4, 0.5) is 0 Å². The van der Waals surface area contributed by atoms with E-state index in [1.807, 2.05) is 34.6 Å².